The Kier molecular flexibility index (Phi) is 5.32. The number of nitrogens with zero attached hydrogens (tertiary/aromatic N) is 1. The SMILES string of the molecule is CCc1ccc(CC)c(C(=O)COc2ccc(C#N)cc2)c1. The Morgan fingerprint density at radius 1 is 1.09 bits per heavy atom. The molecule has 0 aliphatic heterocycles. The normalized spacial score (nSPS) is 10.0. The molecule has 0 heterocycles. The Morgan fingerprint density at radius 3 is 2.41 bits per heavy atom. The zero-order valence-electron chi connectivity index (χ0n) is 12.9. The first-order valence-corrected chi connectivity index (χ1v) is 7.45. The van der Waals surface area contributed by atoms with Crippen LogP contribution in [0.1, 0.15) is 40.9 Å². The van der Waals surface area contributed by atoms with Crippen LogP contribution in [-0.4, -0.2) is 12.4 Å². The van der Waals surface area contributed by atoms with E-state index in [1.165, 1.54) is 0 Å². The van der Waals surface area contributed by atoms with Crippen LogP contribution in [0.3, 0.4) is 0 Å². The van der Waals surface area contributed by atoms with Gasteiger partial charge in [0.2, 0.25) is 0 Å². The quantitative estimate of drug-likeness (QED) is 0.758. The molecule has 0 saturated carbocycles. The summed E-state index contributed by atoms with van der Waals surface area (Å²) in [6.07, 6.45) is 1.72. The van der Waals surface area contributed by atoms with Crippen LogP contribution in [0.4, 0.5) is 0 Å². The van der Waals surface area contributed by atoms with E-state index in [9.17, 15) is 4.79 Å². The lowest BCUT2D eigenvalue weighted by Gasteiger charge is -2.10. The monoisotopic (exact) mass is 293 g/mol. The summed E-state index contributed by atoms with van der Waals surface area (Å²) in [6.45, 7) is 4.12. The number of ketones is 1. The topological polar surface area (TPSA) is 50.1 Å². The Labute approximate surface area is 131 Å². The highest BCUT2D eigenvalue weighted by molar-refractivity contribution is 5.98. The Balaban J connectivity index is 2.10. The number of rotatable bonds is 6. The van der Waals surface area contributed by atoms with E-state index in [1.54, 1.807) is 24.3 Å². The summed E-state index contributed by atoms with van der Waals surface area (Å²) in [5, 5.41) is 8.76. The van der Waals surface area contributed by atoms with Gasteiger partial charge in [-0.2, -0.15) is 5.26 Å². The van der Waals surface area contributed by atoms with Crippen molar-refractivity contribution >= 4 is 5.78 Å². The highest BCUT2D eigenvalue weighted by Gasteiger charge is 2.12. The average molecular weight is 293 g/mol. The fraction of sp³-hybridized carbons (Fsp3) is 0.263. The number of nitriles is 1. The number of benzene rings is 2. The number of carbonyl (C=O) groups is 1. The zero-order chi connectivity index (χ0) is 15.9. The van der Waals surface area contributed by atoms with Crippen LogP contribution in [0.2, 0.25) is 0 Å². The smallest absolute Gasteiger partial charge is 0.200 e. The van der Waals surface area contributed by atoms with Crippen molar-refractivity contribution in [1.29, 1.82) is 5.26 Å². The van der Waals surface area contributed by atoms with E-state index in [2.05, 4.69) is 19.1 Å². The largest absolute Gasteiger partial charge is 0.485 e. The first-order chi connectivity index (χ1) is 10.7. The Hall–Kier alpha value is -2.60. The van der Waals surface area contributed by atoms with Gasteiger partial charge in [0.15, 0.2) is 12.4 Å². The second-order valence-corrected chi connectivity index (χ2v) is 5.05. The van der Waals surface area contributed by atoms with Crippen molar-refractivity contribution in [3.8, 4) is 11.8 Å². The molecule has 2 rings (SSSR count). The van der Waals surface area contributed by atoms with Crippen molar-refractivity contribution in [2.45, 2.75) is 26.7 Å². The van der Waals surface area contributed by atoms with Gasteiger partial charge in [-0.1, -0.05) is 26.0 Å². The van der Waals surface area contributed by atoms with Gasteiger partial charge in [0, 0.05) is 5.56 Å². The summed E-state index contributed by atoms with van der Waals surface area (Å²) < 4.78 is 5.54. The van der Waals surface area contributed by atoms with Crippen molar-refractivity contribution < 1.29 is 9.53 Å². The van der Waals surface area contributed by atoms with Crippen LogP contribution < -0.4 is 4.74 Å². The summed E-state index contributed by atoms with van der Waals surface area (Å²) in [5.74, 6) is 0.577. The molecule has 0 atom stereocenters. The maximum Gasteiger partial charge on any atom is 0.200 e. The van der Waals surface area contributed by atoms with Crippen molar-refractivity contribution in [2.75, 3.05) is 6.61 Å². The Morgan fingerprint density at radius 2 is 1.82 bits per heavy atom. The number of carbonyl (C=O) groups excluding carboxylic acids is 1. The third-order valence-electron chi connectivity index (χ3n) is 3.62. The summed E-state index contributed by atoms with van der Waals surface area (Å²) >= 11 is 0. The van der Waals surface area contributed by atoms with Crippen molar-refractivity contribution in [2.24, 2.45) is 0 Å². The van der Waals surface area contributed by atoms with Crippen LogP contribution in [0, 0.1) is 11.3 Å². The van der Waals surface area contributed by atoms with Crippen LogP contribution in [0.5, 0.6) is 5.75 Å². The second kappa shape index (κ2) is 7.42. The summed E-state index contributed by atoms with van der Waals surface area (Å²) in [5.41, 5.74) is 3.52. The molecule has 0 radical (unpaired) electrons. The van der Waals surface area contributed by atoms with Gasteiger partial charge in [-0.05, 0) is 54.3 Å². The molecule has 2 aromatic rings. The van der Waals surface area contributed by atoms with E-state index in [-0.39, 0.29) is 12.4 Å². The van der Waals surface area contributed by atoms with E-state index < -0.39 is 0 Å². The van der Waals surface area contributed by atoms with Gasteiger partial charge in [-0.25, -0.2) is 0 Å². The van der Waals surface area contributed by atoms with Crippen LogP contribution in [-0.2, 0) is 12.8 Å². The van der Waals surface area contributed by atoms with E-state index >= 15 is 0 Å². The molecule has 22 heavy (non-hydrogen) atoms. The minimum absolute atomic E-state index is 0.00602. The van der Waals surface area contributed by atoms with Gasteiger partial charge in [0.25, 0.3) is 0 Å². The molecule has 0 unspecified atom stereocenters. The average Bonchev–Trinajstić information content (AvgIpc) is 2.59. The number of hydrogen-bond donors (Lipinski definition) is 0. The van der Waals surface area contributed by atoms with Crippen molar-refractivity contribution in [3.05, 3.63) is 64.7 Å². The number of Topliss-reactive ketones (excluding diaryl/α,β-unsaturated/α-hetero) is 1. The van der Waals surface area contributed by atoms with E-state index in [0.29, 0.717) is 11.3 Å². The molecule has 0 fully saturated rings. The first kappa shape index (κ1) is 15.8. The minimum atomic E-state index is -0.0171. The van der Waals surface area contributed by atoms with Gasteiger partial charge in [-0.3, -0.25) is 4.79 Å². The summed E-state index contributed by atoms with van der Waals surface area (Å²) in [7, 11) is 0. The molecule has 0 spiro atoms. The highest BCUT2D eigenvalue weighted by Crippen LogP contribution is 2.16. The molecule has 0 bridgehead atoms. The molecular formula is C19H19NO2. The third-order valence-corrected chi connectivity index (χ3v) is 3.62. The summed E-state index contributed by atoms with van der Waals surface area (Å²) in [4.78, 5) is 12.4. The lowest BCUT2D eigenvalue weighted by Crippen LogP contribution is -2.14. The van der Waals surface area contributed by atoms with Crippen molar-refractivity contribution in [3.63, 3.8) is 0 Å². The van der Waals surface area contributed by atoms with E-state index in [0.717, 1.165) is 29.5 Å². The second-order valence-electron chi connectivity index (χ2n) is 5.05. The number of hydrogen-bond acceptors (Lipinski definition) is 3. The number of aryl methyl sites for hydroxylation is 2. The molecular weight excluding hydrogens is 274 g/mol. The van der Waals surface area contributed by atoms with Gasteiger partial charge < -0.3 is 4.74 Å². The van der Waals surface area contributed by atoms with E-state index in [1.807, 2.05) is 19.1 Å². The fourth-order valence-electron chi connectivity index (χ4n) is 2.26. The van der Waals surface area contributed by atoms with Gasteiger partial charge in [0.1, 0.15) is 5.75 Å². The predicted molar refractivity (Wildman–Crippen MR) is 86.2 cm³/mol. The molecule has 0 aromatic heterocycles. The highest BCUT2D eigenvalue weighted by atomic mass is 16.5. The lowest BCUT2D eigenvalue weighted by molar-refractivity contribution is 0.0920. The Bertz CT molecular complexity index is 696. The molecule has 3 heteroatoms. The number of ether oxygens (including phenoxy) is 1. The molecule has 0 saturated heterocycles. The maximum absolute atomic E-state index is 12.4. The predicted octanol–water partition coefficient (Wildman–Crippen LogP) is 3.94. The van der Waals surface area contributed by atoms with Gasteiger partial charge in [0.05, 0.1) is 11.6 Å². The van der Waals surface area contributed by atoms with Crippen LogP contribution in [0.15, 0.2) is 42.5 Å². The van der Waals surface area contributed by atoms with Crippen LogP contribution >= 0.6 is 0 Å². The molecule has 112 valence electrons. The molecule has 0 amide bonds. The third kappa shape index (κ3) is 3.73. The molecule has 0 N–H and O–H groups in total. The minimum Gasteiger partial charge on any atom is -0.485 e. The molecule has 0 aliphatic rings. The lowest BCUT2D eigenvalue weighted by atomic mass is 9.98. The van der Waals surface area contributed by atoms with Crippen molar-refractivity contribution in [1.82, 2.24) is 0 Å². The molecule has 0 aliphatic carbocycles. The van der Waals surface area contributed by atoms with Gasteiger partial charge in [-0.15, -0.1) is 0 Å². The van der Waals surface area contributed by atoms with E-state index in [4.69, 9.17) is 10.00 Å². The maximum atomic E-state index is 12.4. The summed E-state index contributed by atoms with van der Waals surface area (Å²) in [6, 6.07) is 14.9. The first-order valence-electron chi connectivity index (χ1n) is 7.45. The van der Waals surface area contributed by atoms with Gasteiger partial charge >= 0.3 is 0 Å². The standard InChI is InChI=1S/C19H19NO2/c1-3-14-5-8-16(4-2)18(11-14)19(21)13-22-17-9-6-15(12-20)7-10-17/h5-11H,3-4,13H2,1-2H3. The molecule has 3 nitrogen and oxygen atoms in total. The van der Waals surface area contributed by atoms with Crippen LogP contribution in [0.25, 0.3) is 0 Å². The fourth-order valence-corrected chi connectivity index (χ4v) is 2.26. The molecule has 2 aromatic carbocycles. The zero-order valence-corrected chi connectivity index (χ0v) is 12.9.